The number of rotatable bonds is 4. The summed E-state index contributed by atoms with van der Waals surface area (Å²) in [6, 6.07) is 10.4. The van der Waals surface area contributed by atoms with Gasteiger partial charge in [-0.25, -0.2) is 4.98 Å². The third-order valence-electron chi connectivity index (χ3n) is 3.49. The Kier molecular flexibility index (Phi) is 2.71. The van der Waals surface area contributed by atoms with E-state index in [-0.39, 0.29) is 0 Å². The van der Waals surface area contributed by atoms with Crippen LogP contribution in [0.5, 0.6) is 0 Å². The molecule has 3 heteroatoms. The molecule has 17 heavy (non-hydrogen) atoms. The van der Waals surface area contributed by atoms with Crippen LogP contribution in [0.4, 0.5) is 5.82 Å². The van der Waals surface area contributed by atoms with Gasteiger partial charge in [-0.3, -0.25) is 0 Å². The summed E-state index contributed by atoms with van der Waals surface area (Å²) in [5.74, 6) is 1.02. The molecule has 1 heterocycles. The van der Waals surface area contributed by atoms with Gasteiger partial charge in [0.15, 0.2) is 0 Å². The zero-order valence-electron chi connectivity index (χ0n) is 9.94. The molecule has 0 saturated heterocycles. The molecule has 1 fully saturated rings. The number of nitrogens with zero attached hydrogens (tertiary/aromatic N) is 1. The lowest BCUT2D eigenvalue weighted by atomic mass is 10.1. The van der Waals surface area contributed by atoms with E-state index < -0.39 is 0 Å². The summed E-state index contributed by atoms with van der Waals surface area (Å²) in [4.78, 5) is 4.45. The standard InChI is InChI=1S/C14H16N2S/c1-17-14(7-8-14)10-16-13-12-5-3-2-4-11(12)6-9-15-13/h2-6,9H,7-8,10H2,1H3,(H,15,16). The molecule has 0 aliphatic heterocycles. The number of benzene rings is 1. The van der Waals surface area contributed by atoms with Crippen molar-refractivity contribution >= 4 is 28.4 Å². The molecule has 1 aromatic carbocycles. The highest BCUT2D eigenvalue weighted by atomic mass is 32.2. The van der Waals surface area contributed by atoms with E-state index >= 15 is 0 Å². The Balaban J connectivity index is 1.85. The van der Waals surface area contributed by atoms with Crippen molar-refractivity contribution < 1.29 is 0 Å². The van der Waals surface area contributed by atoms with Gasteiger partial charge in [0.2, 0.25) is 0 Å². The number of aromatic nitrogens is 1. The zero-order chi connectivity index (χ0) is 11.7. The summed E-state index contributed by atoms with van der Waals surface area (Å²) in [5, 5.41) is 5.97. The van der Waals surface area contributed by atoms with Crippen molar-refractivity contribution in [2.75, 3.05) is 18.1 Å². The zero-order valence-corrected chi connectivity index (χ0v) is 10.8. The van der Waals surface area contributed by atoms with Crippen LogP contribution in [0, 0.1) is 0 Å². The molecule has 0 unspecified atom stereocenters. The maximum absolute atomic E-state index is 4.45. The Morgan fingerprint density at radius 3 is 2.88 bits per heavy atom. The Morgan fingerprint density at radius 2 is 2.12 bits per heavy atom. The predicted octanol–water partition coefficient (Wildman–Crippen LogP) is 3.54. The molecular weight excluding hydrogens is 228 g/mol. The molecule has 0 radical (unpaired) electrons. The fraction of sp³-hybridized carbons (Fsp3) is 0.357. The lowest BCUT2D eigenvalue weighted by molar-refractivity contribution is 0.943. The van der Waals surface area contributed by atoms with Crippen LogP contribution in [-0.2, 0) is 0 Å². The fourth-order valence-electron chi connectivity index (χ4n) is 2.10. The quantitative estimate of drug-likeness (QED) is 0.890. The van der Waals surface area contributed by atoms with E-state index in [0.29, 0.717) is 4.75 Å². The second-order valence-corrected chi connectivity index (χ2v) is 5.90. The van der Waals surface area contributed by atoms with Gasteiger partial charge in [0.05, 0.1) is 0 Å². The van der Waals surface area contributed by atoms with Gasteiger partial charge in [-0.1, -0.05) is 24.3 Å². The summed E-state index contributed by atoms with van der Waals surface area (Å²) in [5.41, 5.74) is 0. The highest BCUT2D eigenvalue weighted by Gasteiger charge is 2.41. The van der Waals surface area contributed by atoms with Crippen LogP contribution in [-0.4, -0.2) is 22.5 Å². The minimum absolute atomic E-state index is 0.471. The first-order chi connectivity index (χ1) is 8.33. The number of fused-ring (bicyclic) bond motifs is 1. The van der Waals surface area contributed by atoms with Gasteiger partial charge in [0.1, 0.15) is 5.82 Å². The van der Waals surface area contributed by atoms with Gasteiger partial charge >= 0.3 is 0 Å². The van der Waals surface area contributed by atoms with E-state index in [0.717, 1.165) is 12.4 Å². The Morgan fingerprint density at radius 1 is 1.29 bits per heavy atom. The van der Waals surface area contributed by atoms with Crippen molar-refractivity contribution in [1.29, 1.82) is 0 Å². The van der Waals surface area contributed by atoms with Crippen LogP contribution < -0.4 is 5.32 Å². The molecule has 1 N–H and O–H groups in total. The monoisotopic (exact) mass is 244 g/mol. The minimum atomic E-state index is 0.471. The Hall–Kier alpha value is -1.22. The third kappa shape index (κ3) is 2.12. The lowest BCUT2D eigenvalue weighted by Gasteiger charge is -2.14. The fourth-order valence-corrected chi connectivity index (χ4v) is 2.82. The molecule has 0 spiro atoms. The van der Waals surface area contributed by atoms with Crippen molar-refractivity contribution in [1.82, 2.24) is 4.98 Å². The maximum Gasteiger partial charge on any atom is 0.133 e. The number of hydrogen-bond acceptors (Lipinski definition) is 3. The van der Waals surface area contributed by atoms with Crippen molar-refractivity contribution in [2.45, 2.75) is 17.6 Å². The first-order valence-electron chi connectivity index (χ1n) is 5.96. The average Bonchev–Trinajstić information content (AvgIpc) is 3.17. The largest absolute Gasteiger partial charge is 0.368 e. The second-order valence-electron chi connectivity index (χ2n) is 4.62. The molecule has 1 aliphatic rings. The topological polar surface area (TPSA) is 24.9 Å². The van der Waals surface area contributed by atoms with Crippen LogP contribution in [0.25, 0.3) is 10.8 Å². The molecule has 0 bridgehead atoms. The lowest BCUT2D eigenvalue weighted by Crippen LogP contribution is -2.18. The third-order valence-corrected chi connectivity index (χ3v) is 4.91. The number of thioether (sulfide) groups is 1. The average molecular weight is 244 g/mol. The summed E-state index contributed by atoms with van der Waals surface area (Å²) >= 11 is 1.97. The summed E-state index contributed by atoms with van der Waals surface area (Å²) in [6.07, 6.45) is 6.73. The molecule has 88 valence electrons. The molecule has 0 amide bonds. The highest BCUT2D eigenvalue weighted by Crippen LogP contribution is 2.47. The number of hydrogen-bond donors (Lipinski definition) is 1. The molecule has 2 aromatic rings. The first-order valence-corrected chi connectivity index (χ1v) is 7.18. The molecule has 3 rings (SSSR count). The van der Waals surface area contributed by atoms with Crippen LogP contribution in [0.2, 0.25) is 0 Å². The van der Waals surface area contributed by atoms with Crippen LogP contribution >= 0.6 is 11.8 Å². The molecule has 0 atom stereocenters. The van der Waals surface area contributed by atoms with Crippen molar-refractivity contribution in [3.05, 3.63) is 36.5 Å². The van der Waals surface area contributed by atoms with Crippen LogP contribution in [0.1, 0.15) is 12.8 Å². The van der Waals surface area contributed by atoms with E-state index in [1.807, 2.05) is 18.0 Å². The molecule has 1 aliphatic carbocycles. The van der Waals surface area contributed by atoms with Crippen molar-refractivity contribution in [3.63, 3.8) is 0 Å². The Bertz CT molecular complexity index is 529. The highest BCUT2D eigenvalue weighted by molar-refractivity contribution is 8.00. The van der Waals surface area contributed by atoms with E-state index in [2.05, 4.69) is 46.9 Å². The second kappa shape index (κ2) is 4.22. The molecule has 1 aromatic heterocycles. The van der Waals surface area contributed by atoms with E-state index in [1.54, 1.807) is 0 Å². The predicted molar refractivity (Wildman–Crippen MR) is 75.7 cm³/mol. The minimum Gasteiger partial charge on any atom is -0.368 e. The van der Waals surface area contributed by atoms with Gasteiger partial charge in [0, 0.05) is 22.9 Å². The molecule has 1 saturated carbocycles. The smallest absolute Gasteiger partial charge is 0.133 e. The number of anilines is 1. The first kappa shape index (κ1) is 10.9. The van der Waals surface area contributed by atoms with Crippen LogP contribution in [0.3, 0.4) is 0 Å². The normalized spacial score (nSPS) is 17.0. The van der Waals surface area contributed by atoms with Gasteiger partial charge in [-0.05, 0) is 30.6 Å². The van der Waals surface area contributed by atoms with E-state index in [9.17, 15) is 0 Å². The summed E-state index contributed by atoms with van der Waals surface area (Å²) < 4.78 is 0.471. The van der Waals surface area contributed by atoms with E-state index in [1.165, 1.54) is 23.6 Å². The maximum atomic E-state index is 4.45. The SMILES string of the molecule is CSC1(CNc2nccc3ccccc23)CC1. The molecule has 2 nitrogen and oxygen atoms in total. The Labute approximate surface area is 106 Å². The summed E-state index contributed by atoms with van der Waals surface area (Å²) in [7, 11) is 0. The van der Waals surface area contributed by atoms with Crippen molar-refractivity contribution in [2.24, 2.45) is 0 Å². The number of nitrogens with one attached hydrogen (secondary N) is 1. The summed E-state index contributed by atoms with van der Waals surface area (Å²) in [6.45, 7) is 1.02. The van der Waals surface area contributed by atoms with Gasteiger partial charge in [0.25, 0.3) is 0 Å². The molecular formula is C14H16N2S. The van der Waals surface area contributed by atoms with E-state index in [4.69, 9.17) is 0 Å². The van der Waals surface area contributed by atoms with Gasteiger partial charge in [-0.15, -0.1) is 0 Å². The van der Waals surface area contributed by atoms with Crippen LogP contribution in [0.15, 0.2) is 36.5 Å². The van der Waals surface area contributed by atoms with Crippen molar-refractivity contribution in [3.8, 4) is 0 Å². The van der Waals surface area contributed by atoms with Gasteiger partial charge < -0.3 is 5.32 Å². The number of pyridine rings is 1. The van der Waals surface area contributed by atoms with Gasteiger partial charge in [-0.2, -0.15) is 11.8 Å².